The van der Waals surface area contributed by atoms with E-state index in [1.165, 1.54) is 0 Å². The third-order valence-electron chi connectivity index (χ3n) is 2.64. The van der Waals surface area contributed by atoms with Crippen molar-refractivity contribution < 1.29 is 5.11 Å². The van der Waals surface area contributed by atoms with Crippen molar-refractivity contribution in [2.75, 3.05) is 6.61 Å². The Morgan fingerprint density at radius 1 is 1.43 bits per heavy atom. The number of rotatable bonds is 7. The second kappa shape index (κ2) is 9.45. The van der Waals surface area contributed by atoms with Crippen LogP contribution in [0.2, 0.25) is 5.02 Å². The van der Waals surface area contributed by atoms with Crippen LogP contribution in [0.4, 0.5) is 0 Å². The Labute approximate surface area is 135 Å². The highest BCUT2D eigenvalue weighted by atomic mass is 35.5. The van der Waals surface area contributed by atoms with Gasteiger partial charge in [-0.1, -0.05) is 42.0 Å². The van der Waals surface area contributed by atoms with Gasteiger partial charge in [-0.15, -0.1) is 12.6 Å². The molecule has 0 aliphatic carbocycles. The highest BCUT2D eigenvalue weighted by Gasteiger charge is 2.04. The van der Waals surface area contributed by atoms with Crippen LogP contribution in [-0.2, 0) is 6.54 Å². The smallest absolute Gasteiger partial charge is 0.0846 e. The van der Waals surface area contributed by atoms with Crippen molar-refractivity contribution in [3.05, 3.63) is 69.8 Å². The Balaban J connectivity index is 2.91. The average molecular weight is 323 g/mol. The molecular formula is C16H19ClN2OS. The van der Waals surface area contributed by atoms with Crippen molar-refractivity contribution >= 4 is 29.9 Å². The molecule has 0 atom stereocenters. The first kappa shape index (κ1) is 17.6. The second-order valence-corrected chi connectivity index (χ2v) is 5.15. The van der Waals surface area contributed by atoms with Gasteiger partial charge in [-0.25, -0.2) is 0 Å². The fourth-order valence-corrected chi connectivity index (χ4v) is 1.98. The quantitative estimate of drug-likeness (QED) is 0.351. The van der Waals surface area contributed by atoms with E-state index in [4.69, 9.17) is 22.1 Å². The second-order valence-electron chi connectivity index (χ2n) is 4.26. The van der Waals surface area contributed by atoms with Crippen molar-refractivity contribution in [1.29, 1.82) is 5.41 Å². The molecule has 112 valence electrons. The Morgan fingerprint density at radius 2 is 2.14 bits per heavy atom. The maximum Gasteiger partial charge on any atom is 0.0846 e. The SMILES string of the molecule is C\C=C/C=C(S)/C(=C/C(=N)CO)NCc1ccccc1Cl. The van der Waals surface area contributed by atoms with Gasteiger partial charge in [0.15, 0.2) is 0 Å². The molecule has 0 aromatic heterocycles. The number of hydrogen-bond donors (Lipinski definition) is 4. The Kier molecular flexibility index (Phi) is 7.90. The van der Waals surface area contributed by atoms with E-state index < -0.39 is 0 Å². The van der Waals surface area contributed by atoms with Crippen molar-refractivity contribution in [2.45, 2.75) is 13.5 Å². The minimum atomic E-state index is -0.318. The predicted octanol–water partition coefficient (Wildman–Crippen LogP) is 3.72. The van der Waals surface area contributed by atoms with E-state index in [0.29, 0.717) is 22.2 Å². The lowest BCUT2D eigenvalue weighted by atomic mass is 10.2. The number of benzene rings is 1. The van der Waals surface area contributed by atoms with Crippen molar-refractivity contribution in [3.8, 4) is 0 Å². The highest BCUT2D eigenvalue weighted by molar-refractivity contribution is 7.84. The van der Waals surface area contributed by atoms with Gasteiger partial charge in [0.2, 0.25) is 0 Å². The molecule has 0 saturated heterocycles. The van der Waals surface area contributed by atoms with Crippen LogP contribution in [-0.4, -0.2) is 17.4 Å². The maximum absolute atomic E-state index is 8.99. The first-order valence-electron chi connectivity index (χ1n) is 6.48. The van der Waals surface area contributed by atoms with Gasteiger partial charge in [-0.05, 0) is 30.7 Å². The zero-order valence-corrected chi connectivity index (χ0v) is 13.5. The van der Waals surface area contributed by atoms with Gasteiger partial charge in [0.1, 0.15) is 0 Å². The van der Waals surface area contributed by atoms with E-state index in [1.54, 1.807) is 6.08 Å². The molecule has 0 amide bonds. The molecule has 0 aliphatic heterocycles. The number of aliphatic hydroxyl groups is 1. The number of allylic oxidation sites excluding steroid dienone is 3. The topological polar surface area (TPSA) is 56.1 Å². The Bertz CT molecular complexity index is 579. The van der Waals surface area contributed by atoms with Crippen LogP contribution in [0, 0.1) is 5.41 Å². The summed E-state index contributed by atoms with van der Waals surface area (Å²) in [6.45, 7) is 2.10. The zero-order chi connectivity index (χ0) is 15.7. The number of halogens is 1. The fourth-order valence-electron chi connectivity index (χ4n) is 1.54. The fraction of sp³-hybridized carbons (Fsp3) is 0.188. The summed E-state index contributed by atoms with van der Waals surface area (Å²) in [7, 11) is 0. The van der Waals surface area contributed by atoms with Crippen LogP contribution >= 0.6 is 24.2 Å². The van der Waals surface area contributed by atoms with E-state index in [1.807, 2.05) is 49.4 Å². The molecule has 0 spiro atoms. The zero-order valence-electron chi connectivity index (χ0n) is 11.8. The van der Waals surface area contributed by atoms with Gasteiger partial charge in [0.25, 0.3) is 0 Å². The van der Waals surface area contributed by atoms with E-state index in [9.17, 15) is 0 Å². The summed E-state index contributed by atoms with van der Waals surface area (Å²) in [5.74, 6) is 0. The number of nitrogens with one attached hydrogen (secondary N) is 2. The normalized spacial score (nSPS) is 12.8. The summed E-state index contributed by atoms with van der Waals surface area (Å²) < 4.78 is 0. The lowest BCUT2D eigenvalue weighted by molar-refractivity contribution is 0.357. The van der Waals surface area contributed by atoms with Crippen LogP contribution < -0.4 is 5.32 Å². The third kappa shape index (κ3) is 6.21. The van der Waals surface area contributed by atoms with Crippen molar-refractivity contribution in [3.63, 3.8) is 0 Å². The molecule has 1 aromatic carbocycles. The van der Waals surface area contributed by atoms with Gasteiger partial charge in [-0.3, -0.25) is 0 Å². The molecule has 5 heteroatoms. The van der Waals surface area contributed by atoms with Crippen LogP contribution in [0.25, 0.3) is 0 Å². The maximum atomic E-state index is 8.99. The first-order chi connectivity index (χ1) is 10.1. The lowest BCUT2D eigenvalue weighted by Crippen LogP contribution is -2.15. The molecule has 1 rings (SSSR count). The minimum Gasteiger partial charge on any atom is -0.390 e. The van der Waals surface area contributed by atoms with Crippen LogP contribution in [0.15, 0.2) is 59.2 Å². The molecule has 0 bridgehead atoms. The summed E-state index contributed by atoms with van der Waals surface area (Å²) in [5.41, 5.74) is 1.72. The van der Waals surface area contributed by atoms with Crippen LogP contribution in [0.3, 0.4) is 0 Å². The summed E-state index contributed by atoms with van der Waals surface area (Å²) in [5, 5.41) is 20.5. The monoisotopic (exact) mass is 322 g/mol. The molecule has 0 saturated carbocycles. The van der Waals surface area contributed by atoms with E-state index >= 15 is 0 Å². The molecule has 0 radical (unpaired) electrons. The van der Waals surface area contributed by atoms with Gasteiger partial charge in [0, 0.05) is 22.2 Å². The Morgan fingerprint density at radius 3 is 2.76 bits per heavy atom. The van der Waals surface area contributed by atoms with Crippen LogP contribution in [0.1, 0.15) is 12.5 Å². The molecule has 1 aromatic rings. The van der Waals surface area contributed by atoms with Gasteiger partial charge in [0.05, 0.1) is 12.3 Å². The van der Waals surface area contributed by atoms with E-state index in [-0.39, 0.29) is 12.3 Å². The van der Waals surface area contributed by atoms with Crippen molar-refractivity contribution in [1.82, 2.24) is 5.32 Å². The first-order valence-corrected chi connectivity index (χ1v) is 7.30. The molecular weight excluding hydrogens is 304 g/mol. The van der Waals surface area contributed by atoms with Crippen LogP contribution in [0.5, 0.6) is 0 Å². The minimum absolute atomic E-state index is 0.108. The predicted molar refractivity (Wildman–Crippen MR) is 93.1 cm³/mol. The molecule has 3 N–H and O–H groups in total. The molecule has 0 fully saturated rings. The third-order valence-corrected chi connectivity index (χ3v) is 3.40. The van der Waals surface area contributed by atoms with Crippen molar-refractivity contribution in [2.24, 2.45) is 0 Å². The van der Waals surface area contributed by atoms with E-state index in [0.717, 1.165) is 5.56 Å². The number of hydrogen-bond acceptors (Lipinski definition) is 4. The summed E-state index contributed by atoms with van der Waals surface area (Å²) >= 11 is 10.5. The summed E-state index contributed by atoms with van der Waals surface area (Å²) in [6.07, 6.45) is 7.12. The standard InChI is InChI=1S/C16H19ClN2OS/c1-2-3-8-16(21)15(9-13(18)11-20)19-10-12-6-4-5-7-14(12)17/h2-9,18-21H,10-11H2,1H3/b3-2-,15-9-,16-8-,18-13?. The number of aliphatic hydroxyl groups excluding tert-OH is 1. The van der Waals surface area contributed by atoms with E-state index in [2.05, 4.69) is 17.9 Å². The Hall–Kier alpha value is -1.49. The molecule has 0 unspecified atom stereocenters. The molecule has 3 nitrogen and oxygen atoms in total. The molecule has 21 heavy (non-hydrogen) atoms. The van der Waals surface area contributed by atoms with Gasteiger partial charge >= 0.3 is 0 Å². The molecule has 0 aliphatic rings. The van der Waals surface area contributed by atoms with Gasteiger partial charge < -0.3 is 15.8 Å². The lowest BCUT2D eigenvalue weighted by Gasteiger charge is -2.12. The summed E-state index contributed by atoms with van der Waals surface area (Å²) in [6, 6.07) is 7.55. The highest BCUT2D eigenvalue weighted by Crippen LogP contribution is 2.17. The number of thiol groups is 1. The van der Waals surface area contributed by atoms with Gasteiger partial charge in [-0.2, -0.15) is 0 Å². The summed E-state index contributed by atoms with van der Waals surface area (Å²) in [4.78, 5) is 0.679. The molecule has 0 heterocycles. The average Bonchev–Trinajstić information content (AvgIpc) is 2.50. The largest absolute Gasteiger partial charge is 0.390 e.